The minimum Gasteiger partial charge on any atom is -0.491 e. The van der Waals surface area contributed by atoms with Crippen molar-refractivity contribution in [3.05, 3.63) is 41.7 Å². The SMILES string of the molecule is CCOc1cc(CN2CCC(n3nnc4cc(OC(=O)O)ccc43)CC2)cc(OCC)c1F. The molecule has 1 aliphatic heterocycles. The molecule has 1 saturated heterocycles. The number of rotatable bonds is 8. The van der Waals surface area contributed by atoms with Crippen molar-refractivity contribution in [1.29, 1.82) is 0 Å². The maximum Gasteiger partial charge on any atom is 0.511 e. The van der Waals surface area contributed by atoms with Crippen LogP contribution in [0.4, 0.5) is 9.18 Å². The molecule has 0 amide bonds. The molecule has 0 atom stereocenters. The monoisotopic (exact) mass is 458 g/mol. The zero-order valence-corrected chi connectivity index (χ0v) is 18.7. The third-order valence-corrected chi connectivity index (χ3v) is 5.62. The second kappa shape index (κ2) is 10.0. The van der Waals surface area contributed by atoms with E-state index in [-0.39, 0.29) is 23.3 Å². The molecule has 1 N–H and O–H groups in total. The van der Waals surface area contributed by atoms with Gasteiger partial charge in [0.05, 0.1) is 24.8 Å². The van der Waals surface area contributed by atoms with E-state index in [2.05, 4.69) is 15.2 Å². The van der Waals surface area contributed by atoms with Crippen molar-refractivity contribution in [2.24, 2.45) is 0 Å². The molecule has 0 unspecified atom stereocenters. The van der Waals surface area contributed by atoms with E-state index in [1.807, 2.05) is 18.5 Å². The lowest BCUT2D eigenvalue weighted by molar-refractivity contribution is 0.144. The third-order valence-electron chi connectivity index (χ3n) is 5.62. The van der Waals surface area contributed by atoms with Crippen LogP contribution in [-0.4, -0.2) is 57.5 Å². The van der Waals surface area contributed by atoms with Crippen molar-refractivity contribution >= 4 is 17.2 Å². The molecule has 2 heterocycles. The molecule has 0 radical (unpaired) electrons. The highest BCUT2D eigenvalue weighted by atomic mass is 19.1. The van der Waals surface area contributed by atoms with Gasteiger partial charge >= 0.3 is 6.16 Å². The van der Waals surface area contributed by atoms with Gasteiger partial charge in [0.2, 0.25) is 5.82 Å². The largest absolute Gasteiger partial charge is 0.511 e. The molecule has 9 nitrogen and oxygen atoms in total. The summed E-state index contributed by atoms with van der Waals surface area (Å²) in [6.45, 7) is 6.77. The number of fused-ring (bicyclic) bond motifs is 1. The van der Waals surface area contributed by atoms with Crippen LogP contribution >= 0.6 is 0 Å². The van der Waals surface area contributed by atoms with Gasteiger partial charge in [-0.15, -0.1) is 5.10 Å². The Morgan fingerprint density at radius 1 is 1.12 bits per heavy atom. The standard InChI is InChI=1S/C23H27FN4O5/c1-3-31-20-11-15(12-21(22(20)24)32-4-2)14-27-9-7-16(8-10-27)28-19-6-5-17(33-23(29)30)13-18(19)25-26-28/h5-6,11-13,16H,3-4,7-10,14H2,1-2H3,(H,29,30). The number of carbonyl (C=O) groups is 1. The summed E-state index contributed by atoms with van der Waals surface area (Å²) < 4.78 is 32.0. The van der Waals surface area contributed by atoms with Crippen molar-refractivity contribution in [3.63, 3.8) is 0 Å². The van der Waals surface area contributed by atoms with Crippen LogP contribution in [0, 0.1) is 5.82 Å². The van der Waals surface area contributed by atoms with Crippen LogP contribution in [0.1, 0.15) is 38.3 Å². The van der Waals surface area contributed by atoms with Crippen LogP contribution < -0.4 is 14.2 Å². The number of carboxylic acid groups (broad SMARTS) is 1. The average molecular weight is 458 g/mol. The lowest BCUT2D eigenvalue weighted by Crippen LogP contribution is -2.34. The zero-order valence-electron chi connectivity index (χ0n) is 18.7. The normalized spacial score (nSPS) is 15.0. The molecule has 1 fully saturated rings. The van der Waals surface area contributed by atoms with Gasteiger partial charge in [0.1, 0.15) is 11.3 Å². The summed E-state index contributed by atoms with van der Waals surface area (Å²) in [4.78, 5) is 13.1. The summed E-state index contributed by atoms with van der Waals surface area (Å²) in [6.07, 6.45) is 0.393. The van der Waals surface area contributed by atoms with Gasteiger partial charge in [0, 0.05) is 25.7 Å². The molecule has 0 bridgehead atoms. The van der Waals surface area contributed by atoms with E-state index in [1.54, 1.807) is 30.3 Å². The fourth-order valence-corrected chi connectivity index (χ4v) is 4.17. The quantitative estimate of drug-likeness (QED) is 0.395. The number of likely N-dealkylation sites (tertiary alicyclic amines) is 1. The number of aromatic nitrogens is 3. The molecule has 0 spiro atoms. The van der Waals surface area contributed by atoms with Crippen LogP contribution in [0.3, 0.4) is 0 Å². The molecule has 10 heteroatoms. The van der Waals surface area contributed by atoms with E-state index >= 15 is 0 Å². The molecular formula is C23H27FN4O5. The molecule has 1 aliphatic rings. The summed E-state index contributed by atoms with van der Waals surface area (Å²) in [5, 5.41) is 17.2. The van der Waals surface area contributed by atoms with Gasteiger partial charge in [-0.25, -0.2) is 9.48 Å². The number of nitrogens with zero attached hydrogens (tertiary/aromatic N) is 4. The number of hydrogen-bond acceptors (Lipinski definition) is 7. The summed E-state index contributed by atoms with van der Waals surface area (Å²) in [5.74, 6) is 0.187. The molecule has 4 rings (SSSR count). The number of piperidine rings is 1. The third kappa shape index (κ3) is 5.16. The van der Waals surface area contributed by atoms with Crippen LogP contribution in [-0.2, 0) is 6.54 Å². The number of halogens is 1. The van der Waals surface area contributed by atoms with E-state index in [1.165, 1.54) is 0 Å². The Morgan fingerprint density at radius 2 is 1.79 bits per heavy atom. The molecule has 2 aromatic carbocycles. The van der Waals surface area contributed by atoms with E-state index < -0.39 is 12.0 Å². The number of ether oxygens (including phenoxy) is 3. The van der Waals surface area contributed by atoms with Gasteiger partial charge in [-0.3, -0.25) is 4.90 Å². The lowest BCUT2D eigenvalue weighted by Gasteiger charge is -2.32. The van der Waals surface area contributed by atoms with E-state index in [4.69, 9.17) is 19.3 Å². The predicted molar refractivity (Wildman–Crippen MR) is 118 cm³/mol. The van der Waals surface area contributed by atoms with Crippen molar-refractivity contribution in [3.8, 4) is 17.2 Å². The Labute approximate surface area is 190 Å². The van der Waals surface area contributed by atoms with Gasteiger partial charge in [-0.1, -0.05) is 5.21 Å². The van der Waals surface area contributed by atoms with Gasteiger partial charge in [-0.2, -0.15) is 4.39 Å². The average Bonchev–Trinajstić information content (AvgIpc) is 3.20. The zero-order chi connectivity index (χ0) is 23.4. The molecule has 1 aromatic heterocycles. The molecule has 176 valence electrons. The Morgan fingerprint density at radius 3 is 2.39 bits per heavy atom. The van der Waals surface area contributed by atoms with Gasteiger partial charge < -0.3 is 19.3 Å². The highest BCUT2D eigenvalue weighted by Crippen LogP contribution is 2.32. The first-order valence-electron chi connectivity index (χ1n) is 11.0. The fraction of sp³-hybridized carbons (Fsp3) is 0.435. The second-order valence-electron chi connectivity index (χ2n) is 7.83. The summed E-state index contributed by atoms with van der Waals surface area (Å²) in [5.41, 5.74) is 2.38. The second-order valence-corrected chi connectivity index (χ2v) is 7.83. The Hall–Kier alpha value is -3.40. The van der Waals surface area contributed by atoms with E-state index in [0.29, 0.717) is 25.3 Å². The smallest absolute Gasteiger partial charge is 0.491 e. The first-order chi connectivity index (χ1) is 16.0. The minimum atomic E-state index is -1.36. The van der Waals surface area contributed by atoms with Gasteiger partial charge in [0.15, 0.2) is 11.5 Å². The maximum atomic E-state index is 14.5. The summed E-state index contributed by atoms with van der Waals surface area (Å²) >= 11 is 0. The predicted octanol–water partition coefficient (Wildman–Crippen LogP) is 4.26. The van der Waals surface area contributed by atoms with Crippen LogP contribution in [0.15, 0.2) is 30.3 Å². The van der Waals surface area contributed by atoms with Gasteiger partial charge in [-0.05, 0) is 56.5 Å². The topological polar surface area (TPSA) is 98.9 Å². The Balaban J connectivity index is 1.43. The summed E-state index contributed by atoms with van der Waals surface area (Å²) in [7, 11) is 0. The van der Waals surface area contributed by atoms with Crippen molar-refractivity contribution in [2.75, 3.05) is 26.3 Å². The molecule has 33 heavy (non-hydrogen) atoms. The first-order valence-corrected chi connectivity index (χ1v) is 11.0. The number of benzene rings is 2. The Bertz CT molecular complexity index is 1100. The van der Waals surface area contributed by atoms with Crippen molar-refractivity contribution in [1.82, 2.24) is 19.9 Å². The van der Waals surface area contributed by atoms with Crippen molar-refractivity contribution < 1.29 is 28.5 Å². The van der Waals surface area contributed by atoms with Crippen LogP contribution in [0.2, 0.25) is 0 Å². The fourth-order valence-electron chi connectivity index (χ4n) is 4.17. The highest BCUT2D eigenvalue weighted by Gasteiger charge is 2.24. The van der Waals surface area contributed by atoms with E-state index in [9.17, 15) is 9.18 Å². The van der Waals surface area contributed by atoms with E-state index in [0.717, 1.165) is 37.0 Å². The Kier molecular flexibility index (Phi) is 6.93. The van der Waals surface area contributed by atoms with Gasteiger partial charge in [0.25, 0.3) is 0 Å². The molecular weight excluding hydrogens is 431 g/mol. The summed E-state index contributed by atoms with van der Waals surface area (Å²) in [6, 6.07) is 8.63. The highest BCUT2D eigenvalue weighted by molar-refractivity contribution is 5.77. The van der Waals surface area contributed by atoms with Crippen molar-refractivity contribution in [2.45, 2.75) is 39.3 Å². The van der Waals surface area contributed by atoms with Crippen LogP contribution in [0.5, 0.6) is 17.2 Å². The lowest BCUT2D eigenvalue weighted by atomic mass is 10.0. The number of hydrogen-bond donors (Lipinski definition) is 1. The first kappa shape index (κ1) is 22.8. The molecule has 0 aliphatic carbocycles. The van der Waals surface area contributed by atoms with Crippen LogP contribution in [0.25, 0.3) is 11.0 Å². The molecule has 3 aromatic rings. The molecule has 0 saturated carbocycles. The maximum absolute atomic E-state index is 14.5. The minimum absolute atomic E-state index is 0.184.